The molecule has 0 atom stereocenters. The predicted octanol–water partition coefficient (Wildman–Crippen LogP) is 3.52. The molecule has 4 rings (SSSR count). The Morgan fingerprint density at radius 3 is 2.83 bits per heavy atom. The molecule has 2 aromatic carbocycles. The highest BCUT2D eigenvalue weighted by Gasteiger charge is 2.17. The van der Waals surface area contributed by atoms with Crippen LogP contribution in [0, 0.1) is 6.92 Å². The lowest BCUT2D eigenvalue weighted by Crippen LogP contribution is -2.36. The standard InChI is InChI=1S/C22H20N4O3/c1-15-4-2-6-18(10-15)25-22(24-13-16-5-3-9-23-12-16)26-21(27)17-7-8-19-20(11-17)29-14-28-19/h2-12H,13-14H2,1H3,(H2,24,25,26,27). The molecule has 0 unspecified atom stereocenters. The summed E-state index contributed by atoms with van der Waals surface area (Å²) in [6.45, 7) is 2.54. The van der Waals surface area contributed by atoms with Crippen LogP contribution in [0.15, 0.2) is 72.0 Å². The van der Waals surface area contributed by atoms with Gasteiger partial charge in [-0.15, -0.1) is 0 Å². The highest BCUT2D eigenvalue weighted by atomic mass is 16.7. The summed E-state index contributed by atoms with van der Waals surface area (Å²) in [6, 6.07) is 16.7. The van der Waals surface area contributed by atoms with Crippen molar-refractivity contribution in [1.82, 2.24) is 10.3 Å². The van der Waals surface area contributed by atoms with E-state index < -0.39 is 0 Å². The van der Waals surface area contributed by atoms with Gasteiger partial charge in [-0.05, 0) is 54.4 Å². The number of nitrogens with zero attached hydrogens (tertiary/aromatic N) is 2. The van der Waals surface area contributed by atoms with Crippen molar-refractivity contribution < 1.29 is 14.3 Å². The van der Waals surface area contributed by atoms with Crippen LogP contribution < -0.4 is 20.1 Å². The van der Waals surface area contributed by atoms with E-state index in [1.165, 1.54) is 0 Å². The summed E-state index contributed by atoms with van der Waals surface area (Å²) in [6.07, 6.45) is 3.45. The van der Waals surface area contributed by atoms with Crippen LogP contribution in [0.3, 0.4) is 0 Å². The maximum absolute atomic E-state index is 12.8. The van der Waals surface area contributed by atoms with Crippen LogP contribution in [-0.2, 0) is 6.54 Å². The van der Waals surface area contributed by atoms with Crippen molar-refractivity contribution >= 4 is 17.6 Å². The lowest BCUT2D eigenvalue weighted by molar-refractivity contribution is 0.0976. The lowest BCUT2D eigenvalue weighted by atomic mass is 10.2. The van der Waals surface area contributed by atoms with Gasteiger partial charge in [-0.2, -0.15) is 0 Å². The number of fused-ring (bicyclic) bond motifs is 1. The topological polar surface area (TPSA) is 84.8 Å². The van der Waals surface area contributed by atoms with E-state index in [0.29, 0.717) is 29.6 Å². The fraction of sp³-hybridized carbons (Fsp3) is 0.136. The Bertz CT molecular complexity index is 1050. The van der Waals surface area contributed by atoms with Crippen molar-refractivity contribution in [3.8, 4) is 11.5 Å². The summed E-state index contributed by atoms with van der Waals surface area (Å²) in [7, 11) is 0. The third-order valence-corrected chi connectivity index (χ3v) is 4.29. The monoisotopic (exact) mass is 388 g/mol. The number of rotatable bonds is 4. The molecule has 0 bridgehead atoms. The van der Waals surface area contributed by atoms with Crippen LogP contribution in [0.5, 0.6) is 11.5 Å². The fourth-order valence-electron chi connectivity index (χ4n) is 2.85. The maximum Gasteiger partial charge on any atom is 0.258 e. The van der Waals surface area contributed by atoms with E-state index in [4.69, 9.17) is 9.47 Å². The minimum absolute atomic E-state index is 0.160. The summed E-state index contributed by atoms with van der Waals surface area (Å²) in [5.74, 6) is 1.23. The van der Waals surface area contributed by atoms with Gasteiger partial charge in [0.1, 0.15) is 0 Å². The van der Waals surface area contributed by atoms with Gasteiger partial charge in [0.2, 0.25) is 12.8 Å². The molecule has 7 heteroatoms. The van der Waals surface area contributed by atoms with Crippen LogP contribution in [0.25, 0.3) is 0 Å². The van der Waals surface area contributed by atoms with E-state index in [1.807, 2.05) is 43.3 Å². The first-order chi connectivity index (χ1) is 14.2. The first-order valence-corrected chi connectivity index (χ1v) is 9.15. The molecule has 2 heterocycles. The molecule has 0 spiro atoms. The Balaban J connectivity index is 1.54. The molecular weight excluding hydrogens is 368 g/mol. The number of benzene rings is 2. The largest absolute Gasteiger partial charge is 0.454 e. The predicted molar refractivity (Wildman–Crippen MR) is 110 cm³/mol. The molecule has 0 radical (unpaired) electrons. The number of guanidine groups is 1. The second-order valence-corrected chi connectivity index (χ2v) is 6.54. The van der Waals surface area contributed by atoms with E-state index >= 15 is 0 Å². The SMILES string of the molecule is Cc1cccc(NC(=NCc2cccnc2)NC(=O)c2ccc3c(c2)OCO3)c1. The van der Waals surface area contributed by atoms with E-state index in [2.05, 4.69) is 20.6 Å². The number of anilines is 1. The summed E-state index contributed by atoms with van der Waals surface area (Å²) < 4.78 is 10.6. The van der Waals surface area contributed by atoms with Gasteiger partial charge in [0.25, 0.3) is 5.91 Å². The van der Waals surface area contributed by atoms with Crippen molar-refractivity contribution in [1.29, 1.82) is 0 Å². The van der Waals surface area contributed by atoms with E-state index in [1.54, 1.807) is 30.6 Å². The molecule has 1 aliphatic heterocycles. The number of hydrogen-bond donors (Lipinski definition) is 2. The van der Waals surface area contributed by atoms with Crippen LogP contribution in [-0.4, -0.2) is 23.6 Å². The van der Waals surface area contributed by atoms with E-state index in [0.717, 1.165) is 16.8 Å². The van der Waals surface area contributed by atoms with Crippen molar-refractivity contribution in [2.45, 2.75) is 13.5 Å². The normalized spacial score (nSPS) is 12.5. The molecule has 146 valence electrons. The van der Waals surface area contributed by atoms with Crippen molar-refractivity contribution in [2.75, 3.05) is 12.1 Å². The zero-order valence-corrected chi connectivity index (χ0v) is 15.9. The Morgan fingerprint density at radius 1 is 1.10 bits per heavy atom. The zero-order chi connectivity index (χ0) is 20.1. The van der Waals surface area contributed by atoms with Gasteiger partial charge in [0.05, 0.1) is 6.54 Å². The van der Waals surface area contributed by atoms with Crippen LogP contribution in [0.1, 0.15) is 21.5 Å². The third-order valence-electron chi connectivity index (χ3n) is 4.29. The van der Waals surface area contributed by atoms with Crippen LogP contribution >= 0.6 is 0 Å². The molecule has 1 amide bonds. The van der Waals surface area contributed by atoms with Crippen molar-refractivity contribution in [3.63, 3.8) is 0 Å². The number of aromatic nitrogens is 1. The molecular formula is C22H20N4O3. The van der Waals surface area contributed by atoms with Crippen LogP contribution in [0.4, 0.5) is 5.69 Å². The number of hydrogen-bond acceptors (Lipinski definition) is 5. The van der Waals surface area contributed by atoms with Gasteiger partial charge in [-0.25, -0.2) is 4.99 Å². The number of carbonyl (C=O) groups excluding carboxylic acids is 1. The molecule has 3 aromatic rings. The highest BCUT2D eigenvalue weighted by molar-refractivity contribution is 6.10. The van der Waals surface area contributed by atoms with Gasteiger partial charge in [-0.1, -0.05) is 18.2 Å². The number of pyridine rings is 1. The summed E-state index contributed by atoms with van der Waals surface area (Å²) in [5, 5.41) is 6.03. The van der Waals surface area contributed by atoms with Gasteiger partial charge in [-0.3, -0.25) is 15.1 Å². The molecule has 1 aliphatic rings. The van der Waals surface area contributed by atoms with Gasteiger partial charge in [0.15, 0.2) is 11.5 Å². The van der Waals surface area contributed by atoms with Gasteiger partial charge < -0.3 is 14.8 Å². The maximum atomic E-state index is 12.8. The second kappa shape index (κ2) is 8.43. The molecule has 0 saturated heterocycles. The van der Waals surface area contributed by atoms with Gasteiger partial charge in [0, 0.05) is 23.6 Å². The van der Waals surface area contributed by atoms with Crippen molar-refractivity contribution in [2.24, 2.45) is 4.99 Å². The third kappa shape index (κ3) is 4.70. The highest BCUT2D eigenvalue weighted by Crippen LogP contribution is 2.32. The quantitative estimate of drug-likeness (QED) is 0.528. The Kier molecular flexibility index (Phi) is 5.38. The molecule has 7 nitrogen and oxygen atoms in total. The average molecular weight is 388 g/mol. The number of nitrogens with one attached hydrogen (secondary N) is 2. The lowest BCUT2D eigenvalue weighted by Gasteiger charge is -2.12. The molecule has 0 saturated carbocycles. The van der Waals surface area contributed by atoms with Crippen molar-refractivity contribution in [3.05, 3.63) is 83.7 Å². The Labute approximate surface area is 168 Å². The molecule has 0 aliphatic carbocycles. The summed E-state index contributed by atoms with van der Waals surface area (Å²) >= 11 is 0. The minimum atomic E-state index is -0.298. The fourth-order valence-corrected chi connectivity index (χ4v) is 2.85. The summed E-state index contributed by atoms with van der Waals surface area (Å²) in [4.78, 5) is 21.4. The number of ether oxygens (including phenoxy) is 2. The average Bonchev–Trinajstić information content (AvgIpc) is 3.20. The molecule has 2 N–H and O–H groups in total. The molecule has 0 fully saturated rings. The first-order valence-electron chi connectivity index (χ1n) is 9.15. The molecule has 1 aromatic heterocycles. The van der Waals surface area contributed by atoms with Crippen LogP contribution in [0.2, 0.25) is 0 Å². The molecule has 29 heavy (non-hydrogen) atoms. The van der Waals surface area contributed by atoms with E-state index in [-0.39, 0.29) is 12.7 Å². The Hall–Kier alpha value is -3.87. The number of amides is 1. The number of aliphatic imine (C=N–C) groups is 1. The number of carbonyl (C=O) groups is 1. The second-order valence-electron chi connectivity index (χ2n) is 6.54. The van der Waals surface area contributed by atoms with Gasteiger partial charge >= 0.3 is 0 Å². The smallest absolute Gasteiger partial charge is 0.258 e. The Morgan fingerprint density at radius 2 is 2.00 bits per heavy atom. The summed E-state index contributed by atoms with van der Waals surface area (Å²) in [5.41, 5.74) is 3.33. The first kappa shape index (κ1) is 18.5. The number of aryl methyl sites for hydroxylation is 1. The van der Waals surface area contributed by atoms with E-state index in [9.17, 15) is 4.79 Å². The zero-order valence-electron chi connectivity index (χ0n) is 15.9. The minimum Gasteiger partial charge on any atom is -0.454 e.